The summed E-state index contributed by atoms with van der Waals surface area (Å²) in [4.78, 5) is 21.8. The number of benzene rings is 2. The zero-order valence-corrected chi connectivity index (χ0v) is 19.8. The Labute approximate surface area is 191 Å². The molecule has 0 spiro atoms. The molecule has 32 heavy (non-hydrogen) atoms. The quantitative estimate of drug-likeness (QED) is 0.541. The molecule has 0 radical (unpaired) electrons. The predicted molar refractivity (Wildman–Crippen MR) is 125 cm³/mol. The van der Waals surface area contributed by atoms with Crippen LogP contribution in [-0.4, -0.2) is 70.4 Å². The molecule has 2 heterocycles. The van der Waals surface area contributed by atoms with Gasteiger partial charge in [0.15, 0.2) is 15.0 Å². The lowest BCUT2D eigenvalue weighted by Crippen LogP contribution is -2.48. The van der Waals surface area contributed by atoms with Crippen molar-refractivity contribution in [1.82, 2.24) is 9.88 Å². The fraction of sp³-hybridized carbons (Fsp3) is 0.364. The third-order valence-electron chi connectivity index (χ3n) is 5.56. The molecule has 0 aliphatic carbocycles. The normalized spacial score (nSPS) is 14.6. The molecule has 0 saturated carbocycles. The fourth-order valence-electron chi connectivity index (χ4n) is 3.68. The third-order valence-corrected chi connectivity index (χ3v) is 8.42. The van der Waals surface area contributed by atoms with Gasteiger partial charge in [-0.15, -0.1) is 0 Å². The average Bonchev–Trinajstić information content (AvgIpc) is 3.29. The minimum absolute atomic E-state index is 0.00105. The van der Waals surface area contributed by atoms with E-state index in [4.69, 9.17) is 14.5 Å². The molecular weight excluding hydrogens is 450 g/mol. The predicted octanol–water partition coefficient (Wildman–Crippen LogP) is 3.07. The van der Waals surface area contributed by atoms with Gasteiger partial charge in [0.2, 0.25) is 0 Å². The van der Waals surface area contributed by atoms with Crippen LogP contribution in [0.4, 0.5) is 5.13 Å². The average molecular weight is 476 g/mol. The maximum atomic E-state index is 13.0. The second kappa shape index (κ2) is 8.95. The van der Waals surface area contributed by atoms with E-state index >= 15 is 0 Å². The van der Waals surface area contributed by atoms with E-state index in [0.717, 1.165) is 21.1 Å². The summed E-state index contributed by atoms with van der Waals surface area (Å²) in [5.41, 5.74) is 1.15. The molecule has 4 rings (SSSR count). The SMILES string of the molecule is CCS(=O)(=O)c1cccc(C(=O)N2CCN(c3nc4c(OC)ccc(OC)c4s3)CC2)c1. The number of anilines is 1. The number of carbonyl (C=O) groups is 1. The largest absolute Gasteiger partial charge is 0.495 e. The van der Waals surface area contributed by atoms with Crippen molar-refractivity contribution >= 4 is 42.4 Å². The van der Waals surface area contributed by atoms with Crippen LogP contribution in [-0.2, 0) is 9.84 Å². The zero-order valence-electron chi connectivity index (χ0n) is 18.2. The number of nitrogens with zero attached hydrogens (tertiary/aromatic N) is 3. The molecule has 0 unspecified atom stereocenters. The van der Waals surface area contributed by atoms with Gasteiger partial charge in [0.05, 0.1) is 24.9 Å². The molecule has 8 nitrogen and oxygen atoms in total. The van der Waals surface area contributed by atoms with Crippen molar-refractivity contribution in [2.45, 2.75) is 11.8 Å². The van der Waals surface area contributed by atoms with Crippen molar-refractivity contribution in [2.24, 2.45) is 0 Å². The van der Waals surface area contributed by atoms with Crippen molar-refractivity contribution in [2.75, 3.05) is 51.1 Å². The van der Waals surface area contributed by atoms with Crippen LogP contribution in [0.1, 0.15) is 17.3 Å². The Morgan fingerprint density at radius 3 is 2.41 bits per heavy atom. The number of rotatable bonds is 6. The second-order valence-corrected chi connectivity index (χ2v) is 10.6. The smallest absolute Gasteiger partial charge is 0.254 e. The van der Waals surface area contributed by atoms with Crippen molar-refractivity contribution in [3.05, 3.63) is 42.0 Å². The van der Waals surface area contributed by atoms with Crippen LogP contribution >= 0.6 is 11.3 Å². The van der Waals surface area contributed by atoms with E-state index in [1.165, 1.54) is 23.5 Å². The molecule has 1 fully saturated rings. The van der Waals surface area contributed by atoms with E-state index in [-0.39, 0.29) is 16.6 Å². The van der Waals surface area contributed by atoms with E-state index in [1.807, 2.05) is 12.1 Å². The highest BCUT2D eigenvalue weighted by Gasteiger charge is 2.26. The molecule has 0 atom stereocenters. The Bertz CT molecular complexity index is 1210. The highest BCUT2D eigenvalue weighted by Crippen LogP contribution is 2.40. The Kier molecular flexibility index (Phi) is 6.25. The van der Waals surface area contributed by atoms with Gasteiger partial charge in [-0.3, -0.25) is 4.79 Å². The first-order valence-electron chi connectivity index (χ1n) is 10.3. The van der Waals surface area contributed by atoms with E-state index in [1.54, 1.807) is 38.2 Å². The molecule has 1 aromatic heterocycles. The van der Waals surface area contributed by atoms with Crippen LogP contribution in [0.5, 0.6) is 11.5 Å². The van der Waals surface area contributed by atoms with Gasteiger partial charge in [-0.25, -0.2) is 13.4 Å². The minimum Gasteiger partial charge on any atom is -0.495 e. The van der Waals surface area contributed by atoms with E-state index in [2.05, 4.69) is 4.90 Å². The van der Waals surface area contributed by atoms with E-state index in [0.29, 0.717) is 37.5 Å². The Morgan fingerprint density at radius 1 is 1.06 bits per heavy atom. The number of piperazine rings is 1. The maximum Gasteiger partial charge on any atom is 0.254 e. The van der Waals surface area contributed by atoms with Gasteiger partial charge in [0.25, 0.3) is 5.91 Å². The summed E-state index contributed by atoms with van der Waals surface area (Å²) < 4.78 is 36.2. The van der Waals surface area contributed by atoms with Crippen LogP contribution in [0.15, 0.2) is 41.3 Å². The van der Waals surface area contributed by atoms with Crippen LogP contribution in [0.3, 0.4) is 0 Å². The molecule has 1 aliphatic heterocycles. The zero-order chi connectivity index (χ0) is 22.9. The summed E-state index contributed by atoms with van der Waals surface area (Å²) in [6.45, 7) is 3.89. The molecule has 3 aromatic rings. The summed E-state index contributed by atoms with van der Waals surface area (Å²) >= 11 is 1.54. The molecule has 1 amide bonds. The first kappa shape index (κ1) is 22.3. The van der Waals surface area contributed by atoms with Crippen molar-refractivity contribution in [3.8, 4) is 11.5 Å². The van der Waals surface area contributed by atoms with Crippen LogP contribution in [0.25, 0.3) is 10.2 Å². The summed E-state index contributed by atoms with van der Waals surface area (Å²) in [7, 11) is -0.113. The second-order valence-electron chi connectivity index (χ2n) is 7.35. The van der Waals surface area contributed by atoms with Crippen molar-refractivity contribution < 1.29 is 22.7 Å². The van der Waals surface area contributed by atoms with Gasteiger partial charge in [0, 0.05) is 31.7 Å². The number of fused-ring (bicyclic) bond motifs is 1. The molecule has 1 saturated heterocycles. The summed E-state index contributed by atoms with van der Waals surface area (Å²) in [5, 5.41) is 0.853. The first-order valence-corrected chi connectivity index (χ1v) is 12.7. The molecule has 1 aliphatic rings. The number of hydrogen-bond acceptors (Lipinski definition) is 8. The fourth-order valence-corrected chi connectivity index (χ4v) is 5.73. The number of ether oxygens (including phenoxy) is 2. The monoisotopic (exact) mass is 475 g/mol. The topological polar surface area (TPSA) is 89.0 Å². The number of sulfone groups is 1. The first-order chi connectivity index (χ1) is 15.4. The van der Waals surface area contributed by atoms with Crippen LogP contribution in [0, 0.1) is 0 Å². The molecule has 0 N–H and O–H groups in total. The third kappa shape index (κ3) is 4.12. The van der Waals surface area contributed by atoms with Gasteiger partial charge in [-0.2, -0.15) is 0 Å². The highest BCUT2D eigenvalue weighted by molar-refractivity contribution is 7.91. The van der Waals surface area contributed by atoms with Crippen molar-refractivity contribution in [1.29, 1.82) is 0 Å². The highest BCUT2D eigenvalue weighted by atomic mass is 32.2. The Balaban J connectivity index is 1.50. The van der Waals surface area contributed by atoms with Crippen molar-refractivity contribution in [3.63, 3.8) is 0 Å². The number of thiazole rings is 1. The lowest BCUT2D eigenvalue weighted by molar-refractivity contribution is 0.0746. The van der Waals surface area contributed by atoms with Gasteiger partial charge in [-0.05, 0) is 30.3 Å². The summed E-state index contributed by atoms with van der Waals surface area (Å²) in [5.74, 6) is 1.28. The number of methoxy groups -OCH3 is 2. The van der Waals surface area contributed by atoms with E-state index in [9.17, 15) is 13.2 Å². The van der Waals surface area contributed by atoms with E-state index < -0.39 is 9.84 Å². The summed E-state index contributed by atoms with van der Waals surface area (Å²) in [6.07, 6.45) is 0. The maximum absolute atomic E-state index is 13.0. The Hall–Kier alpha value is -2.85. The molecular formula is C22H25N3O5S2. The molecule has 10 heteroatoms. The Morgan fingerprint density at radius 2 is 1.75 bits per heavy atom. The van der Waals surface area contributed by atoms with Gasteiger partial charge in [-0.1, -0.05) is 24.3 Å². The van der Waals surface area contributed by atoms with Gasteiger partial charge in [0.1, 0.15) is 21.7 Å². The number of hydrogen-bond donors (Lipinski definition) is 0. The van der Waals surface area contributed by atoms with Crippen LogP contribution < -0.4 is 14.4 Å². The minimum atomic E-state index is -3.36. The number of aromatic nitrogens is 1. The molecule has 170 valence electrons. The molecule has 2 aromatic carbocycles. The van der Waals surface area contributed by atoms with Gasteiger partial charge >= 0.3 is 0 Å². The number of amides is 1. The molecule has 0 bridgehead atoms. The van der Waals surface area contributed by atoms with Gasteiger partial charge < -0.3 is 19.3 Å². The lowest BCUT2D eigenvalue weighted by atomic mass is 10.2. The number of carbonyl (C=O) groups excluding carboxylic acids is 1. The lowest BCUT2D eigenvalue weighted by Gasteiger charge is -2.34. The van der Waals surface area contributed by atoms with Crippen LogP contribution in [0.2, 0.25) is 0 Å². The summed E-state index contributed by atoms with van der Waals surface area (Å²) in [6, 6.07) is 9.99. The standard InChI is InChI=1S/C22H25N3O5S2/c1-4-32(27,28)16-7-5-6-15(14-16)21(26)24-10-12-25(13-11-24)22-23-19-17(29-2)8-9-18(30-3)20(19)31-22/h5-9,14H,4,10-13H2,1-3H3.